The molecule has 0 radical (unpaired) electrons. The third-order valence-corrected chi connectivity index (χ3v) is 9.48. The Bertz CT molecular complexity index is 1280. The van der Waals surface area contributed by atoms with E-state index in [9.17, 15) is 37.8 Å². The number of nitrogens with one attached hydrogen (secondary N) is 2. The van der Waals surface area contributed by atoms with E-state index in [1.54, 1.807) is 19.1 Å². The van der Waals surface area contributed by atoms with Crippen LogP contribution in [0.3, 0.4) is 0 Å². The minimum atomic E-state index is -4.37. The predicted molar refractivity (Wildman–Crippen MR) is 187 cm³/mol. The van der Waals surface area contributed by atoms with Gasteiger partial charge in [0.05, 0.1) is 24.6 Å². The maximum Gasteiger partial charge on any atom is 0.401 e. The number of amides is 3. The van der Waals surface area contributed by atoms with E-state index in [0.717, 1.165) is 42.6 Å². The van der Waals surface area contributed by atoms with E-state index >= 15 is 0 Å². The zero-order valence-corrected chi connectivity index (χ0v) is 29.6. The Morgan fingerprint density at radius 3 is 2.24 bits per heavy atom. The summed E-state index contributed by atoms with van der Waals surface area (Å²) in [5.41, 5.74) is 0.773. The Morgan fingerprint density at radius 1 is 1.00 bits per heavy atom. The van der Waals surface area contributed by atoms with Crippen molar-refractivity contribution in [3.8, 4) is 24.7 Å². The average molecular weight is 705 g/mol. The maximum atomic E-state index is 14.0. The lowest BCUT2D eigenvalue weighted by Crippen LogP contribution is -2.57. The SMILES string of the molecule is C#CCCC(O)[C@H](O)C(CC1CCCCC1)NC(=O)[C@@H](NC(=O)C(CC(=O)N(C)CCN(C)CC(F)(F)F)Cc1ccccc1)C(C#C)CC. The third kappa shape index (κ3) is 15.1. The van der Waals surface area contributed by atoms with Crippen LogP contribution in [0, 0.1) is 42.4 Å². The highest BCUT2D eigenvalue weighted by atomic mass is 19.4. The summed E-state index contributed by atoms with van der Waals surface area (Å²) in [5.74, 6) is 1.99. The fourth-order valence-corrected chi connectivity index (χ4v) is 6.43. The number of rotatable bonds is 20. The number of halogens is 3. The van der Waals surface area contributed by atoms with Crippen LogP contribution in [0.15, 0.2) is 30.3 Å². The predicted octanol–water partition coefficient (Wildman–Crippen LogP) is 3.92. The summed E-state index contributed by atoms with van der Waals surface area (Å²) in [4.78, 5) is 43.6. The fourth-order valence-electron chi connectivity index (χ4n) is 6.43. The fraction of sp³-hybridized carbons (Fsp3) is 0.658. The van der Waals surface area contributed by atoms with E-state index in [1.807, 2.05) is 18.2 Å². The number of aliphatic hydroxyl groups is 2. The van der Waals surface area contributed by atoms with Gasteiger partial charge in [0.15, 0.2) is 0 Å². The van der Waals surface area contributed by atoms with Crippen LogP contribution in [0.1, 0.15) is 76.7 Å². The number of benzene rings is 1. The van der Waals surface area contributed by atoms with Gasteiger partial charge >= 0.3 is 6.18 Å². The molecule has 0 bridgehead atoms. The Kier molecular flexibility index (Phi) is 18.4. The maximum absolute atomic E-state index is 14.0. The minimum absolute atomic E-state index is 0.0169. The number of carbonyl (C=O) groups is 3. The standard InChI is InChI=1S/C38H55F3N4O5/c1-6-9-20-32(46)35(48)31(24-28-18-14-11-15-19-28)42-37(50)34(29(7-2)8-3)43-36(49)30(23-27-16-12-10-13-17-27)25-33(47)45(5)22-21-44(4)26-38(39,40)41/h1-2,10,12-13,16-17,28-32,34-35,46,48H,8-9,11,14-15,18-26H2,3-5H3,(H,42,50)(H,43,49)/t29?,30?,31?,32?,34-,35+/m0/s1. The third-order valence-electron chi connectivity index (χ3n) is 9.48. The van der Waals surface area contributed by atoms with Crippen LogP contribution in [-0.4, -0.2) is 102 Å². The molecule has 0 spiro atoms. The normalized spacial score (nSPS) is 17.3. The molecule has 1 aliphatic carbocycles. The van der Waals surface area contributed by atoms with Gasteiger partial charge in [-0.2, -0.15) is 13.2 Å². The second-order valence-corrected chi connectivity index (χ2v) is 13.6. The molecule has 9 nitrogen and oxygen atoms in total. The van der Waals surface area contributed by atoms with E-state index in [0.29, 0.717) is 12.8 Å². The van der Waals surface area contributed by atoms with Gasteiger partial charge in [-0.1, -0.05) is 69.4 Å². The number of terminal acetylenes is 2. The van der Waals surface area contributed by atoms with Crippen molar-refractivity contribution in [2.24, 2.45) is 17.8 Å². The molecule has 6 atom stereocenters. The number of likely N-dealkylation sites (N-methyl/N-ethyl adjacent to an activating group) is 2. The lowest BCUT2D eigenvalue weighted by molar-refractivity contribution is -0.144. The number of hydrogen-bond acceptors (Lipinski definition) is 6. The first-order valence-electron chi connectivity index (χ1n) is 17.6. The van der Waals surface area contributed by atoms with Crippen LogP contribution in [0.4, 0.5) is 13.2 Å². The van der Waals surface area contributed by atoms with Crippen molar-refractivity contribution < 1.29 is 37.8 Å². The highest BCUT2D eigenvalue weighted by Gasteiger charge is 2.36. The zero-order valence-electron chi connectivity index (χ0n) is 29.6. The molecule has 1 saturated carbocycles. The molecule has 4 unspecified atom stereocenters. The van der Waals surface area contributed by atoms with Crippen LogP contribution >= 0.6 is 0 Å². The van der Waals surface area contributed by atoms with Crippen molar-refractivity contribution in [3.05, 3.63) is 35.9 Å². The quantitative estimate of drug-likeness (QED) is 0.153. The first-order valence-corrected chi connectivity index (χ1v) is 17.6. The van der Waals surface area contributed by atoms with Gasteiger partial charge in [0, 0.05) is 38.9 Å². The number of alkyl halides is 3. The Hall–Kier alpha value is -3.58. The summed E-state index contributed by atoms with van der Waals surface area (Å²) < 4.78 is 38.4. The van der Waals surface area contributed by atoms with Gasteiger partial charge in [0.2, 0.25) is 17.7 Å². The lowest BCUT2D eigenvalue weighted by Gasteiger charge is -2.34. The molecule has 0 aliphatic heterocycles. The van der Waals surface area contributed by atoms with E-state index in [-0.39, 0.29) is 44.7 Å². The van der Waals surface area contributed by atoms with Crippen LogP contribution in [-0.2, 0) is 20.8 Å². The molecule has 0 saturated heterocycles. The topological polar surface area (TPSA) is 122 Å². The molecule has 278 valence electrons. The number of carbonyl (C=O) groups excluding carboxylic acids is 3. The van der Waals surface area contributed by atoms with E-state index in [4.69, 9.17) is 12.8 Å². The van der Waals surface area contributed by atoms with Crippen LogP contribution in [0.2, 0.25) is 0 Å². The molecule has 0 heterocycles. The number of hydrogen-bond donors (Lipinski definition) is 4. The van der Waals surface area contributed by atoms with Crippen LogP contribution < -0.4 is 10.6 Å². The van der Waals surface area contributed by atoms with Crippen LogP contribution in [0.5, 0.6) is 0 Å². The summed E-state index contributed by atoms with van der Waals surface area (Å²) in [5, 5.41) is 27.6. The van der Waals surface area contributed by atoms with Crippen molar-refractivity contribution >= 4 is 17.7 Å². The van der Waals surface area contributed by atoms with Gasteiger partial charge < -0.3 is 25.7 Å². The minimum Gasteiger partial charge on any atom is -0.390 e. The van der Waals surface area contributed by atoms with Crippen LogP contribution in [0.25, 0.3) is 0 Å². The molecule has 12 heteroatoms. The van der Waals surface area contributed by atoms with E-state index < -0.39 is 66.6 Å². The van der Waals surface area contributed by atoms with E-state index in [2.05, 4.69) is 22.5 Å². The van der Waals surface area contributed by atoms with Gasteiger partial charge in [-0.15, -0.1) is 24.7 Å². The summed E-state index contributed by atoms with van der Waals surface area (Å²) in [7, 11) is 2.79. The van der Waals surface area contributed by atoms with Gasteiger partial charge in [0.25, 0.3) is 0 Å². The molecule has 1 aromatic carbocycles. The molecular weight excluding hydrogens is 649 g/mol. The number of aliphatic hydroxyl groups excluding tert-OH is 2. The zero-order chi connectivity index (χ0) is 37.3. The van der Waals surface area contributed by atoms with Crippen molar-refractivity contribution in [1.29, 1.82) is 0 Å². The Labute approximate surface area is 295 Å². The molecule has 50 heavy (non-hydrogen) atoms. The van der Waals surface area contributed by atoms with Crippen molar-refractivity contribution in [1.82, 2.24) is 20.4 Å². The molecule has 2 rings (SSSR count). The first-order chi connectivity index (χ1) is 23.7. The Balaban J connectivity index is 2.29. The van der Waals surface area contributed by atoms with Gasteiger partial charge in [-0.25, -0.2) is 0 Å². The molecule has 3 amide bonds. The monoisotopic (exact) mass is 704 g/mol. The summed E-state index contributed by atoms with van der Waals surface area (Å²) >= 11 is 0. The summed E-state index contributed by atoms with van der Waals surface area (Å²) in [6.07, 6.45) is 10.5. The smallest absolute Gasteiger partial charge is 0.390 e. The highest BCUT2D eigenvalue weighted by molar-refractivity contribution is 5.91. The molecule has 4 N–H and O–H groups in total. The van der Waals surface area contributed by atoms with E-state index in [1.165, 1.54) is 19.0 Å². The molecule has 0 aromatic heterocycles. The molecule has 1 aromatic rings. The second kappa shape index (κ2) is 21.6. The van der Waals surface area contributed by atoms with Gasteiger partial charge in [0.1, 0.15) is 12.1 Å². The molecule has 1 aliphatic rings. The molecular formula is C38H55F3N4O5. The van der Waals surface area contributed by atoms with Gasteiger partial charge in [-0.05, 0) is 44.2 Å². The number of nitrogens with zero attached hydrogens (tertiary/aromatic N) is 2. The first kappa shape index (κ1) is 42.6. The van der Waals surface area contributed by atoms with Gasteiger partial charge in [-0.3, -0.25) is 19.3 Å². The summed E-state index contributed by atoms with van der Waals surface area (Å²) in [6.45, 7) is 0.659. The highest BCUT2D eigenvalue weighted by Crippen LogP contribution is 2.29. The average Bonchev–Trinajstić information content (AvgIpc) is 3.08. The van der Waals surface area contributed by atoms with Crippen molar-refractivity contribution in [2.75, 3.05) is 33.7 Å². The second-order valence-electron chi connectivity index (χ2n) is 13.6. The molecule has 1 fully saturated rings. The Morgan fingerprint density at radius 2 is 1.66 bits per heavy atom. The van der Waals surface area contributed by atoms with Crippen molar-refractivity contribution in [3.63, 3.8) is 0 Å². The largest absolute Gasteiger partial charge is 0.401 e. The van der Waals surface area contributed by atoms with Crippen molar-refractivity contribution in [2.45, 2.75) is 108 Å². The summed E-state index contributed by atoms with van der Waals surface area (Å²) in [6, 6.07) is 7.00. The lowest BCUT2D eigenvalue weighted by atomic mass is 9.82.